The Morgan fingerprint density at radius 2 is 1.73 bits per heavy atom. The van der Waals surface area contributed by atoms with Crippen LogP contribution in [0.25, 0.3) is 11.2 Å². The van der Waals surface area contributed by atoms with Crippen molar-refractivity contribution in [2.75, 3.05) is 23.8 Å². The van der Waals surface area contributed by atoms with Gasteiger partial charge in [0.1, 0.15) is 17.0 Å². The highest BCUT2D eigenvalue weighted by atomic mass is 19.1. The Bertz CT molecular complexity index is 1150. The molecular formula is C22H25F3N6O2. The monoisotopic (exact) mass is 462 g/mol. The van der Waals surface area contributed by atoms with E-state index in [1.54, 1.807) is 6.20 Å². The predicted octanol–water partition coefficient (Wildman–Crippen LogP) is 4.67. The first-order chi connectivity index (χ1) is 15.8. The van der Waals surface area contributed by atoms with Gasteiger partial charge in [0.05, 0.1) is 19.4 Å². The summed E-state index contributed by atoms with van der Waals surface area (Å²) in [5, 5.41) is 5.89. The Balaban J connectivity index is 1.55. The van der Waals surface area contributed by atoms with Gasteiger partial charge in [0, 0.05) is 37.1 Å². The van der Waals surface area contributed by atoms with Crippen molar-refractivity contribution in [3.63, 3.8) is 0 Å². The molecule has 0 bridgehead atoms. The molecule has 0 atom stereocenters. The first kappa shape index (κ1) is 21.9. The van der Waals surface area contributed by atoms with E-state index in [-0.39, 0.29) is 18.0 Å². The predicted molar refractivity (Wildman–Crippen MR) is 116 cm³/mol. The number of ether oxygens (including phenoxy) is 2. The van der Waals surface area contributed by atoms with Crippen LogP contribution >= 0.6 is 0 Å². The Morgan fingerprint density at radius 3 is 2.36 bits per heavy atom. The lowest BCUT2D eigenvalue weighted by molar-refractivity contribution is -0.181. The molecule has 3 aromatic rings. The molecule has 1 spiro atoms. The van der Waals surface area contributed by atoms with E-state index in [1.165, 1.54) is 0 Å². The van der Waals surface area contributed by atoms with Crippen LogP contribution < -0.4 is 10.6 Å². The zero-order valence-electron chi connectivity index (χ0n) is 18.4. The van der Waals surface area contributed by atoms with Crippen LogP contribution in [0.15, 0.2) is 18.3 Å². The van der Waals surface area contributed by atoms with Gasteiger partial charge in [0.25, 0.3) is 0 Å². The largest absolute Gasteiger partial charge is 0.352 e. The van der Waals surface area contributed by atoms with Gasteiger partial charge in [0.2, 0.25) is 11.9 Å². The van der Waals surface area contributed by atoms with Crippen molar-refractivity contribution in [3.8, 4) is 0 Å². The average molecular weight is 462 g/mol. The van der Waals surface area contributed by atoms with E-state index < -0.39 is 28.9 Å². The van der Waals surface area contributed by atoms with Gasteiger partial charge < -0.3 is 20.1 Å². The van der Waals surface area contributed by atoms with E-state index in [4.69, 9.17) is 9.47 Å². The second-order valence-corrected chi connectivity index (χ2v) is 8.72. The number of nitrogens with zero attached hydrogens (tertiary/aromatic N) is 4. The minimum absolute atomic E-state index is 0.0655. The zero-order chi connectivity index (χ0) is 23.2. The van der Waals surface area contributed by atoms with Crippen molar-refractivity contribution >= 4 is 28.7 Å². The highest BCUT2D eigenvalue weighted by Gasteiger charge is 2.41. The molecule has 5 rings (SSSR count). The van der Waals surface area contributed by atoms with Gasteiger partial charge in [-0.25, -0.2) is 23.1 Å². The summed E-state index contributed by atoms with van der Waals surface area (Å²) >= 11 is 0. The maximum atomic E-state index is 14.4. The van der Waals surface area contributed by atoms with Crippen LogP contribution in [0.5, 0.6) is 0 Å². The van der Waals surface area contributed by atoms with Crippen molar-refractivity contribution in [1.29, 1.82) is 0 Å². The SMILES string of the molecule is CC(C)Nc1ncc2nc(Nc3c(F)cc(F)cc3F)n(C3CCC4(CC3)OCCO4)c2n1. The van der Waals surface area contributed by atoms with Gasteiger partial charge in [-0.15, -0.1) is 0 Å². The van der Waals surface area contributed by atoms with Crippen LogP contribution in [-0.4, -0.2) is 44.6 Å². The molecule has 1 aliphatic heterocycles. The molecule has 1 aliphatic carbocycles. The van der Waals surface area contributed by atoms with Crippen LogP contribution in [0.1, 0.15) is 45.6 Å². The maximum absolute atomic E-state index is 14.4. The summed E-state index contributed by atoms with van der Waals surface area (Å²) < 4.78 is 55.7. The van der Waals surface area contributed by atoms with Gasteiger partial charge in [-0.2, -0.15) is 4.98 Å². The van der Waals surface area contributed by atoms with E-state index in [0.29, 0.717) is 68.1 Å². The van der Waals surface area contributed by atoms with Gasteiger partial charge in [-0.3, -0.25) is 4.57 Å². The van der Waals surface area contributed by atoms with Gasteiger partial charge in [0.15, 0.2) is 23.1 Å². The van der Waals surface area contributed by atoms with Gasteiger partial charge >= 0.3 is 0 Å². The molecular weight excluding hydrogens is 437 g/mol. The fraction of sp³-hybridized carbons (Fsp3) is 0.500. The number of aromatic nitrogens is 4. The number of benzene rings is 1. The van der Waals surface area contributed by atoms with Crippen molar-refractivity contribution in [3.05, 3.63) is 35.8 Å². The molecule has 2 aromatic heterocycles. The third kappa shape index (κ3) is 4.22. The first-order valence-electron chi connectivity index (χ1n) is 11.0. The fourth-order valence-electron chi connectivity index (χ4n) is 4.51. The number of anilines is 3. The van der Waals surface area contributed by atoms with E-state index in [0.717, 1.165) is 0 Å². The topological polar surface area (TPSA) is 86.1 Å². The van der Waals surface area contributed by atoms with E-state index in [1.807, 2.05) is 18.4 Å². The number of rotatable bonds is 5. The molecule has 11 heteroatoms. The van der Waals surface area contributed by atoms with Crippen LogP contribution in [-0.2, 0) is 9.47 Å². The zero-order valence-corrected chi connectivity index (χ0v) is 18.4. The summed E-state index contributed by atoms with van der Waals surface area (Å²) in [5.74, 6) is -3.01. The number of halogens is 3. The lowest BCUT2D eigenvalue weighted by Crippen LogP contribution is -2.36. The molecule has 2 fully saturated rings. The number of hydrogen-bond donors (Lipinski definition) is 2. The third-order valence-electron chi connectivity index (χ3n) is 5.99. The van der Waals surface area contributed by atoms with Crippen LogP contribution in [0, 0.1) is 17.5 Å². The third-order valence-corrected chi connectivity index (χ3v) is 5.99. The molecule has 176 valence electrons. The Hall–Kier alpha value is -2.92. The van der Waals surface area contributed by atoms with Crippen LogP contribution in [0.3, 0.4) is 0 Å². The summed E-state index contributed by atoms with van der Waals surface area (Å²) in [6.07, 6.45) is 4.33. The highest BCUT2D eigenvalue weighted by Crippen LogP contribution is 2.42. The summed E-state index contributed by atoms with van der Waals surface area (Å²) in [6.45, 7) is 5.10. The standard InChI is InChI=1S/C22H25F3N6O2/c1-12(2)27-20-26-11-17-19(30-20)31(14-3-5-22(6-4-14)32-7-8-33-22)21(28-17)29-18-15(24)9-13(23)10-16(18)25/h9-12,14H,3-8H2,1-2H3,(H,28,29)(H,26,27,30). The number of fused-ring (bicyclic) bond motifs is 1. The molecule has 0 amide bonds. The smallest absolute Gasteiger partial charge is 0.224 e. The molecule has 2 aliphatic rings. The maximum Gasteiger partial charge on any atom is 0.224 e. The summed E-state index contributed by atoms with van der Waals surface area (Å²) in [6, 6.07) is 1.30. The van der Waals surface area contributed by atoms with Crippen LogP contribution in [0.2, 0.25) is 0 Å². The number of imidazole rings is 1. The molecule has 2 N–H and O–H groups in total. The molecule has 1 saturated carbocycles. The van der Waals surface area contributed by atoms with E-state index in [2.05, 4.69) is 25.6 Å². The molecule has 33 heavy (non-hydrogen) atoms. The number of nitrogens with one attached hydrogen (secondary N) is 2. The Labute approximate surface area is 188 Å². The fourth-order valence-corrected chi connectivity index (χ4v) is 4.51. The highest BCUT2D eigenvalue weighted by molar-refractivity contribution is 5.76. The summed E-state index contributed by atoms with van der Waals surface area (Å²) in [7, 11) is 0. The second kappa shape index (κ2) is 8.45. The van der Waals surface area contributed by atoms with Gasteiger partial charge in [-0.05, 0) is 26.7 Å². The summed E-state index contributed by atoms with van der Waals surface area (Å²) in [4.78, 5) is 13.4. The normalized spacial score (nSPS) is 18.5. The number of hydrogen-bond acceptors (Lipinski definition) is 7. The lowest BCUT2D eigenvalue weighted by atomic mass is 9.90. The second-order valence-electron chi connectivity index (χ2n) is 8.72. The van der Waals surface area contributed by atoms with Crippen molar-refractivity contribution in [1.82, 2.24) is 19.5 Å². The van der Waals surface area contributed by atoms with E-state index >= 15 is 0 Å². The Morgan fingerprint density at radius 1 is 1.06 bits per heavy atom. The van der Waals surface area contributed by atoms with Crippen molar-refractivity contribution < 1.29 is 22.6 Å². The van der Waals surface area contributed by atoms with E-state index in [9.17, 15) is 13.2 Å². The lowest BCUT2D eigenvalue weighted by Gasteiger charge is -2.36. The summed E-state index contributed by atoms with van der Waals surface area (Å²) in [5.41, 5.74) is 0.535. The molecule has 1 saturated heterocycles. The molecule has 1 aromatic carbocycles. The minimum Gasteiger partial charge on any atom is -0.352 e. The molecule has 0 unspecified atom stereocenters. The molecule has 8 nitrogen and oxygen atoms in total. The quantitative estimate of drug-likeness (QED) is 0.570. The first-order valence-corrected chi connectivity index (χ1v) is 11.0. The van der Waals surface area contributed by atoms with Gasteiger partial charge in [-0.1, -0.05) is 0 Å². The molecule has 0 radical (unpaired) electrons. The van der Waals surface area contributed by atoms with Crippen molar-refractivity contribution in [2.24, 2.45) is 0 Å². The molecule has 3 heterocycles. The van der Waals surface area contributed by atoms with Crippen LogP contribution in [0.4, 0.5) is 30.8 Å². The van der Waals surface area contributed by atoms with Crippen molar-refractivity contribution in [2.45, 2.75) is 57.4 Å². The average Bonchev–Trinajstić information content (AvgIpc) is 3.35. The minimum atomic E-state index is -1.05. The Kier molecular flexibility index (Phi) is 5.61.